The Morgan fingerprint density at radius 3 is 2.33 bits per heavy atom. The number of rotatable bonds is 3. The van der Waals surface area contributed by atoms with Crippen molar-refractivity contribution in [1.82, 2.24) is 4.90 Å². The molecule has 0 unspecified atom stereocenters. The van der Waals surface area contributed by atoms with Crippen LogP contribution in [-0.2, 0) is 14.8 Å². The van der Waals surface area contributed by atoms with Crippen LogP contribution in [-0.4, -0.2) is 44.0 Å². The first-order chi connectivity index (χ1) is 14.4. The van der Waals surface area contributed by atoms with Crippen molar-refractivity contribution in [1.29, 1.82) is 0 Å². The molecule has 2 heterocycles. The number of hydrogen-bond acceptors (Lipinski definition) is 4. The third-order valence-corrected chi connectivity index (χ3v) is 7.97. The molecule has 154 valence electrons. The van der Waals surface area contributed by atoms with Crippen molar-refractivity contribution in [3.05, 3.63) is 66.2 Å². The van der Waals surface area contributed by atoms with E-state index in [0.717, 1.165) is 23.8 Å². The maximum Gasteiger partial charge on any atom is 0.265 e. The van der Waals surface area contributed by atoms with Crippen molar-refractivity contribution < 1.29 is 18.3 Å². The molecule has 0 bridgehead atoms. The first-order valence-electron chi connectivity index (χ1n) is 10.1. The predicted molar refractivity (Wildman–Crippen MR) is 115 cm³/mol. The van der Waals surface area contributed by atoms with Gasteiger partial charge in [0.15, 0.2) is 0 Å². The number of benzene rings is 3. The highest BCUT2D eigenvalue weighted by Crippen LogP contribution is 2.42. The van der Waals surface area contributed by atoms with Crippen molar-refractivity contribution in [2.45, 2.75) is 23.7 Å². The van der Waals surface area contributed by atoms with Crippen LogP contribution in [0.4, 0.5) is 5.69 Å². The van der Waals surface area contributed by atoms with Crippen LogP contribution in [0.1, 0.15) is 24.3 Å². The summed E-state index contributed by atoms with van der Waals surface area (Å²) in [5.41, 5.74) is 1.74. The molecule has 1 amide bonds. The second-order valence-corrected chi connectivity index (χ2v) is 9.72. The van der Waals surface area contributed by atoms with Gasteiger partial charge in [-0.3, -0.25) is 9.10 Å². The van der Waals surface area contributed by atoms with E-state index in [0.29, 0.717) is 30.1 Å². The molecule has 1 saturated heterocycles. The van der Waals surface area contributed by atoms with E-state index in [9.17, 15) is 18.3 Å². The molecule has 0 aromatic heterocycles. The summed E-state index contributed by atoms with van der Waals surface area (Å²) in [5.74, 6) is 0.407. The number of likely N-dealkylation sites (tertiary alicyclic amines) is 1. The minimum Gasteiger partial charge on any atom is -0.508 e. The number of carbonyl (C=O) groups excluding carboxylic acids is 1. The van der Waals surface area contributed by atoms with Crippen LogP contribution in [0.5, 0.6) is 5.75 Å². The van der Waals surface area contributed by atoms with E-state index in [1.807, 2.05) is 30.3 Å². The zero-order chi connectivity index (χ0) is 20.9. The van der Waals surface area contributed by atoms with Gasteiger partial charge < -0.3 is 10.0 Å². The van der Waals surface area contributed by atoms with Crippen LogP contribution in [0.2, 0.25) is 0 Å². The molecule has 3 aromatic rings. The second kappa shape index (κ2) is 7.02. The largest absolute Gasteiger partial charge is 0.508 e. The van der Waals surface area contributed by atoms with Gasteiger partial charge in [-0.25, -0.2) is 8.42 Å². The number of anilines is 1. The van der Waals surface area contributed by atoms with Crippen molar-refractivity contribution >= 4 is 32.4 Å². The molecule has 1 fully saturated rings. The number of sulfonamides is 1. The lowest BCUT2D eigenvalue weighted by molar-refractivity contribution is -0.130. The van der Waals surface area contributed by atoms with E-state index >= 15 is 0 Å². The van der Waals surface area contributed by atoms with Gasteiger partial charge in [0, 0.05) is 18.5 Å². The number of amides is 1. The number of aromatic hydroxyl groups is 1. The van der Waals surface area contributed by atoms with Gasteiger partial charge in [0.25, 0.3) is 10.0 Å². The Hall–Kier alpha value is -3.06. The average molecular weight is 423 g/mol. The maximum absolute atomic E-state index is 13.1. The molecule has 0 saturated carbocycles. The summed E-state index contributed by atoms with van der Waals surface area (Å²) < 4.78 is 27.4. The van der Waals surface area contributed by atoms with Crippen LogP contribution in [0, 0.1) is 0 Å². The van der Waals surface area contributed by atoms with Gasteiger partial charge in [-0.05, 0) is 54.0 Å². The second-order valence-electron chi connectivity index (χ2n) is 7.89. The molecule has 3 aromatic carbocycles. The summed E-state index contributed by atoms with van der Waals surface area (Å²) in [4.78, 5) is 15.0. The molecular formula is C23H22N2O4S. The van der Waals surface area contributed by atoms with Gasteiger partial charge in [0.05, 0.1) is 10.6 Å². The monoisotopic (exact) mass is 422 g/mol. The molecule has 2 aliphatic rings. The van der Waals surface area contributed by atoms with E-state index in [-0.39, 0.29) is 23.1 Å². The van der Waals surface area contributed by atoms with Gasteiger partial charge in [0.1, 0.15) is 12.3 Å². The van der Waals surface area contributed by atoms with E-state index in [1.165, 1.54) is 4.31 Å². The number of nitrogens with zero attached hydrogens (tertiary/aromatic N) is 2. The summed E-state index contributed by atoms with van der Waals surface area (Å²) in [6.07, 6.45) is 1.64. The summed E-state index contributed by atoms with van der Waals surface area (Å²) in [6.45, 7) is 1.00. The Labute approximate surface area is 175 Å². The third-order valence-electron chi connectivity index (χ3n) is 6.17. The Balaban J connectivity index is 1.32. The van der Waals surface area contributed by atoms with Crippen LogP contribution in [0.25, 0.3) is 10.8 Å². The molecule has 7 heteroatoms. The molecular weight excluding hydrogens is 400 g/mol. The molecule has 0 aliphatic carbocycles. The van der Waals surface area contributed by atoms with E-state index in [4.69, 9.17) is 0 Å². The summed E-state index contributed by atoms with van der Waals surface area (Å²) in [7, 11) is -3.73. The lowest BCUT2D eigenvalue weighted by Gasteiger charge is -2.33. The number of hydrogen-bond donors (Lipinski definition) is 1. The highest BCUT2D eigenvalue weighted by molar-refractivity contribution is 7.93. The summed E-state index contributed by atoms with van der Waals surface area (Å²) in [6, 6.07) is 17.9. The fourth-order valence-corrected chi connectivity index (χ4v) is 6.22. The third kappa shape index (κ3) is 3.01. The maximum atomic E-state index is 13.1. The predicted octanol–water partition coefficient (Wildman–Crippen LogP) is 3.46. The number of phenolic OH excluding ortho intramolecular Hbond substituents is 1. The molecule has 1 N–H and O–H groups in total. The zero-order valence-electron chi connectivity index (χ0n) is 16.4. The normalized spacial score (nSPS) is 18.1. The standard InChI is InChI=1S/C23H22N2O4S/c26-19-9-7-16(8-10-19)17-11-13-24(14-12-17)22(27)15-25-20-5-1-3-18-4-2-6-21(23(18)20)30(25,28)29/h1-10,17,26H,11-15H2. The minimum absolute atomic E-state index is 0.174. The highest BCUT2D eigenvalue weighted by atomic mass is 32.2. The van der Waals surface area contributed by atoms with Gasteiger partial charge >= 0.3 is 0 Å². The Morgan fingerprint density at radius 1 is 0.967 bits per heavy atom. The first-order valence-corrected chi connectivity index (χ1v) is 11.5. The number of piperidine rings is 1. The van der Waals surface area contributed by atoms with E-state index < -0.39 is 10.0 Å². The van der Waals surface area contributed by atoms with Crippen molar-refractivity contribution in [2.75, 3.05) is 23.9 Å². The minimum atomic E-state index is -3.73. The average Bonchev–Trinajstić information content (AvgIpc) is 2.98. The van der Waals surface area contributed by atoms with Gasteiger partial charge in [-0.1, -0.05) is 36.4 Å². The first kappa shape index (κ1) is 18.9. The lowest BCUT2D eigenvalue weighted by atomic mass is 9.89. The van der Waals surface area contributed by atoms with Gasteiger partial charge in [-0.2, -0.15) is 0 Å². The lowest BCUT2D eigenvalue weighted by Crippen LogP contribution is -2.44. The van der Waals surface area contributed by atoms with Crippen LogP contribution in [0.15, 0.2) is 65.6 Å². The van der Waals surface area contributed by atoms with Crippen LogP contribution in [0.3, 0.4) is 0 Å². The molecule has 6 nitrogen and oxygen atoms in total. The molecule has 2 aliphatic heterocycles. The quantitative estimate of drug-likeness (QED) is 0.701. The molecule has 0 radical (unpaired) electrons. The number of carbonyl (C=O) groups is 1. The molecule has 0 atom stereocenters. The Kier molecular flexibility index (Phi) is 4.43. The van der Waals surface area contributed by atoms with Crippen LogP contribution < -0.4 is 4.31 Å². The molecule has 5 rings (SSSR count). The topological polar surface area (TPSA) is 77.9 Å². The van der Waals surface area contributed by atoms with Crippen molar-refractivity contribution in [3.63, 3.8) is 0 Å². The van der Waals surface area contributed by atoms with E-state index in [1.54, 1.807) is 35.2 Å². The Morgan fingerprint density at radius 2 is 1.63 bits per heavy atom. The summed E-state index contributed by atoms with van der Waals surface area (Å²) in [5, 5.41) is 11.0. The van der Waals surface area contributed by atoms with Crippen molar-refractivity contribution in [2.24, 2.45) is 0 Å². The smallest absolute Gasteiger partial charge is 0.265 e. The van der Waals surface area contributed by atoms with Gasteiger partial charge in [0.2, 0.25) is 5.91 Å². The SMILES string of the molecule is O=C(CN1c2cccc3cccc(c23)S1(=O)=O)N1CCC(c2ccc(O)cc2)CC1. The molecule has 30 heavy (non-hydrogen) atoms. The van der Waals surface area contributed by atoms with E-state index in [2.05, 4.69) is 0 Å². The molecule has 0 spiro atoms. The van der Waals surface area contributed by atoms with Crippen molar-refractivity contribution in [3.8, 4) is 5.75 Å². The Bertz CT molecular complexity index is 1220. The number of phenols is 1. The fourth-order valence-electron chi connectivity index (χ4n) is 4.56. The fraction of sp³-hybridized carbons (Fsp3) is 0.261. The summed E-state index contributed by atoms with van der Waals surface area (Å²) >= 11 is 0. The van der Waals surface area contributed by atoms with Crippen LogP contribution >= 0.6 is 0 Å². The zero-order valence-corrected chi connectivity index (χ0v) is 17.2. The highest BCUT2D eigenvalue weighted by Gasteiger charge is 2.37. The van der Waals surface area contributed by atoms with Gasteiger partial charge in [-0.15, -0.1) is 0 Å².